The van der Waals surface area contributed by atoms with Crippen LogP contribution in [0.5, 0.6) is 0 Å². The van der Waals surface area contributed by atoms with E-state index in [2.05, 4.69) is 4.98 Å². The Labute approximate surface area is 99.3 Å². The zero-order chi connectivity index (χ0) is 12.6. The molecule has 0 fully saturated rings. The predicted octanol–water partition coefficient (Wildman–Crippen LogP) is 3.78. The summed E-state index contributed by atoms with van der Waals surface area (Å²) < 4.78 is 37.6. The minimum absolute atomic E-state index is 0.0134. The number of fused-ring (bicyclic) bond motifs is 1. The van der Waals surface area contributed by atoms with Crippen molar-refractivity contribution in [2.45, 2.75) is 6.18 Å². The van der Waals surface area contributed by atoms with Gasteiger partial charge in [-0.15, -0.1) is 0 Å². The van der Waals surface area contributed by atoms with E-state index in [0.29, 0.717) is 5.39 Å². The molecule has 0 amide bonds. The lowest BCUT2D eigenvalue weighted by Crippen LogP contribution is -2.08. The van der Waals surface area contributed by atoms with E-state index >= 15 is 0 Å². The third-order valence-corrected chi connectivity index (χ3v) is 2.51. The molecule has 2 rings (SSSR count). The van der Waals surface area contributed by atoms with E-state index in [9.17, 15) is 13.2 Å². The number of alkyl halides is 3. The van der Waals surface area contributed by atoms with Crippen molar-refractivity contribution in [3.8, 4) is 6.07 Å². The van der Waals surface area contributed by atoms with Crippen LogP contribution in [-0.2, 0) is 6.18 Å². The van der Waals surface area contributed by atoms with E-state index in [1.165, 1.54) is 12.1 Å². The summed E-state index contributed by atoms with van der Waals surface area (Å²) in [7, 11) is 0. The first-order valence-corrected chi connectivity index (χ1v) is 4.88. The van der Waals surface area contributed by atoms with Crippen LogP contribution in [0.25, 0.3) is 10.9 Å². The molecular weight excluding hydrogens is 253 g/mol. The summed E-state index contributed by atoms with van der Waals surface area (Å²) in [4.78, 5) is 3.45. The van der Waals surface area contributed by atoms with Gasteiger partial charge in [-0.2, -0.15) is 18.4 Å². The highest BCUT2D eigenvalue weighted by Crippen LogP contribution is 2.32. The first-order chi connectivity index (χ1) is 7.93. The summed E-state index contributed by atoms with van der Waals surface area (Å²) in [5.74, 6) is 0. The molecular formula is C11H4ClF3N2. The second-order valence-corrected chi connectivity index (χ2v) is 3.71. The summed E-state index contributed by atoms with van der Waals surface area (Å²) in [5.41, 5.74) is -1.22. The van der Waals surface area contributed by atoms with Crippen LogP contribution < -0.4 is 0 Å². The van der Waals surface area contributed by atoms with E-state index in [0.717, 1.165) is 6.07 Å². The lowest BCUT2D eigenvalue weighted by molar-refractivity contribution is -0.140. The average Bonchev–Trinajstić information content (AvgIpc) is 2.27. The van der Waals surface area contributed by atoms with Gasteiger partial charge in [0.1, 0.15) is 5.69 Å². The Bertz CT molecular complexity index is 629. The van der Waals surface area contributed by atoms with Gasteiger partial charge in [-0.3, -0.25) is 0 Å². The molecule has 1 heterocycles. The van der Waals surface area contributed by atoms with Gasteiger partial charge in [0, 0.05) is 5.39 Å². The first kappa shape index (κ1) is 11.7. The van der Waals surface area contributed by atoms with Crippen molar-refractivity contribution in [2.75, 3.05) is 0 Å². The molecule has 2 nitrogen and oxygen atoms in total. The van der Waals surface area contributed by atoms with Crippen molar-refractivity contribution in [1.29, 1.82) is 5.26 Å². The molecule has 0 unspecified atom stereocenters. The van der Waals surface area contributed by atoms with Crippen LogP contribution in [0.3, 0.4) is 0 Å². The number of halogens is 4. The maximum absolute atomic E-state index is 12.5. The number of hydrogen-bond acceptors (Lipinski definition) is 2. The minimum Gasteiger partial charge on any atom is -0.242 e. The summed E-state index contributed by atoms with van der Waals surface area (Å²) in [6, 6.07) is 6.92. The second-order valence-electron chi connectivity index (χ2n) is 3.30. The lowest BCUT2D eigenvalue weighted by Gasteiger charge is -2.08. The molecule has 0 aliphatic heterocycles. The van der Waals surface area contributed by atoms with Crippen LogP contribution in [0.2, 0.25) is 5.02 Å². The number of para-hydroxylation sites is 1. The SMILES string of the molecule is N#Cc1cc(C(F)(F)F)nc2c(Cl)cccc12. The van der Waals surface area contributed by atoms with Crippen LogP contribution in [0.4, 0.5) is 13.2 Å². The maximum atomic E-state index is 12.5. The number of nitrogens with zero attached hydrogens (tertiary/aromatic N) is 2. The molecule has 0 bridgehead atoms. The number of aromatic nitrogens is 1. The first-order valence-electron chi connectivity index (χ1n) is 4.50. The van der Waals surface area contributed by atoms with Crippen molar-refractivity contribution >= 4 is 22.5 Å². The molecule has 0 aliphatic carbocycles. The molecule has 0 saturated carbocycles. The van der Waals surface area contributed by atoms with Gasteiger partial charge < -0.3 is 0 Å². The van der Waals surface area contributed by atoms with Crippen molar-refractivity contribution in [1.82, 2.24) is 4.98 Å². The van der Waals surface area contributed by atoms with Crippen molar-refractivity contribution in [3.63, 3.8) is 0 Å². The third-order valence-electron chi connectivity index (χ3n) is 2.20. The van der Waals surface area contributed by atoms with Crippen molar-refractivity contribution in [3.05, 3.63) is 40.5 Å². The molecule has 1 aromatic heterocycles. The Kier molecular flexibility index (Phi) is 2.68. The lowest BCUT2D eigenvalue weighted by atomic mass is 10.1. The van der Waals surface area contributed by atoms with Gasteiger partial charge in [0.2, 0.25) is 0 Å². The molecule has 17 heavy (non-hydrogen) atoms. The normalized spacial score (nSPS) is 11.5. The summed E-state index contributed by atoms with van der Waals surface area (Å²) in [6.45, 7) is 0. The molecule has 0 saturated heterocycles. The van der Waals surface area contributed by atoms with Crippen LogP contribution in [0.1, 0.15) is 11.3 Å². The van der Waals surface area contributed by atoms with Crippen LogP contribution >= 0.6 is 11.6 Å². The molecule has 0 aliphatic rings. The highest BCUT2D eigenvalue weighted by molar-refractivity contribution is 6.35. The minimum atomic E-state index is -4.60. The standard InChI is InChI=1S/C11H4ClF3N2/c12-8-3-1-2-7-6(5-16)4-9(11(13,14)15)17-10(7)8/h1-4H. The molecule has 2 aromatic rings. The number of hydrogen-bond donors (Lipinski definition) is 0. The quantitative estimate of drug-likeness (QED) is 0.719. The highest BCUT2D eigenvalue weighted by atomic mass is 35.5. The van der Waals surface area contributed by atoms with E-state index < -0.39 is 11.9 Å². The summed E-state index contributed by atoms with van der Waals surface area (Å²) in [6.07, 6.45) is -4.60. The van der Waals surface area contributed by atoms with E-state index in [1.54, 1.807) is 12.1 Å². The number of pyridine rings is 1. The van der Waals surface area contributed by atoms with E-state index in [4.69, 9.17) is 16.9 Å². The van der Waals surface area contributed by atoms with Gasteiger partial charge in [0.25, 0.3) is 0 Å². The fraction of sp³-hybridized carbons (Fsp3) is 0.0909. The van der Waals surface area contributed by atoms with Crippen LogP contribution in [0, 0.1) is 11.3 Å². The Morgan fingerprint density at radius 3 is 2.59 bits per heavy atom. The molecule has 0 atom stereocenters. The van der Waals surface area contributed by atoms with E-state index in [-0.39, 0.29) is 16.1 Å². The summed E-state index contributed by atoms with van der Waals surface area (Å²) >= 11 is 5.77. The molecule has 6 heteroatoms. The van der Waals surface area contributed by atoms with Crippen molar-refractivity contribution < 1.29 is 13.2 Å². The zero-order valence-corrected chi connectivity index (χ0v) is 8.97. The van der Waals surface area contributed by atoms with Crippen LogP contribution in [0.15, 0.2) is 24.3 Å². The van der Waals surface area contributed by atoms with Gasteiger partial charge in [-0.25, -0.2) is 4.98 Å². The largest absolute Gasteiger partial charge is 0.433 e. The Morgan fingerprint density at radius 2 is 2.00 bits per heavy atom. The Morgan fingerprint density at radius 1 is 1.29 bits per heavy atom. The predicted molar refractivity (Wildman–Crippen MR) is 56.5 cm³/mol. The number of benzene rings is 1. The van der Waals surface area contributed by atoms with Crippen LogP contribution in [-0.4, -0.2) is 4.98 Å². The second kappa shape index (κ2) is 3.90. The topological polar surface area (TPSA) is 36.7 Å². The monoisotopic (exact) mass is 256 g/mol. The maximum Gasteiger partial charge on any atom is 0.433 e. The number of nitriles is 1. The van der Waals surface area contributed by atoms with Crippen molar-refractivity contribution in [2.24, 2.45) is 0 Å². The fourth-order valence-corrected chi connectivity index (χ4v) is 1.67. The summed E-state index contributed by atoms with van der Waals surface area (Å²) in [5, 5.41) is 9.23. The molecule has 0 N–H and O–H groups in total. The molecule has 0 radical (unpaired) electrons. The fourth-order valence-electron chi connectivity index (χ4n) is 1.45. The van der Waals surface area contributed by atoms with Gasteiger partial charge in [-0.1, -0.05) is 23.7 Å². The third kappa shape index (κ3) is 2.04. The smallest absolute Gasteiger partial charge is 0.242 e. The molecule has 86 valence electrons. The molecule has 1 aromatic carbocycles. The molecule has 0 spiro atoms. The van der Waals surface area contributed by atoms with Gasteiger partial charge >= 0.3 is 6.18 Å². The van der Waals surface area contributed by atoms with E-state index in [1.807, 2.05) is 0 Å². The number of rotatable bonds is 0. The van der Waals surface area contributed by atoms with Gasteiger partial charge in [0.15, 0.2) is 0 Å². The zero-order valence-electron chi connectivity index (χ0n) is 8.22. The van der Waals surface area contributed by atoms with Gasteiger partial charge in [0.05, 0.1) is 22.2 Å². The van der Waals surface area contributed by atoms with Gasteiger partial charge in [-0.05, 0) is 12.1 Å². The Balaban J connectivity index is 2.87. The Hall–Kier alpha value is -1.80. The highest BCUT2D eigenvalue weighted by Gasteiger charge is 2.33. The average molecular weight is 257 g/mol.